The lowest BCUT2D eigenvalue weighted by atomic mass is 9.99. The van der Waals surface area contributed by atoms with Crippen molar-refractivity contribution >= 4 is 50.9 Å². The van der Waals surface area contributed by atoms with E-state index in [2.05, 4.69) is 21.2 Å². The summed E-state index contributed by atoms with van der Waals surface area (Å²) < 4.78 is 0.831. The summed E-state index contributed by atoms with van der Waals surface area (Å²) in [5.74, 6) is -0.0708. The molecule has 0 spiro atoms. The molecule has 1 aromatic rings. The van der Waals surface area contributed by atoms with Gasteiger partial charge in [0.1, 0.15) is 5.54 Å². The number of thioether (sulfide) groups is 1. The van der Waals surface area contributed by atoms with Crippen LogP contribution in [0.2, 0.25) is 0 Å². The van der Waals surface area contributed by atoms with Gasteiger partial charge in [0.2, 0.25) is 0 Å². The van der Waals surface area contributed by atoms with Crippen LogP contribution in [0.1, 0.15) is 16.1 Å². The lowest BCUT2D eigenvalue weighted by Crippen LogP contribution is -2.54. The van der Waals surface area contributed by atoms with Crippen molar-refractivity contribution in [2.45, 2.75) is 12.0 Å². The number of rotatable bonds is 3. The van der Waals surface area contributed by atoms with E-state index in [1.807, 2.05) is 0 Å². The molecule has 2 heterocycles. The van der Waals surface area contributed by atoms with Crippen LogP contribution in [0.3, 0.4) is 0 Å². The van der Waals surface area contributed by atoms with Crippen molar-refractivity contribution in [3.05, 3.63) is 20.8 Å². The van der Waals surface area contributed by atoms with Gasteiger partial charge in [-0.25, -0.2) is 4.79 Å². The standard InChI is InChI=1S/C10H10BrNO3S2/c11-6-3-7(17-4-6)8(13)12-10(9(14)15)1-2-16-5-10/h3-4H,1-2,5H2,(H,12,13)(H,14,15). The zero-order chi connectivity index (χ0) is 12.5. The molecule has 1 unspecified atom stereocenters. The molecule has 92 valence electrons. The summed E-state index contributed by atoms with van der Waals surface area (Å²) in [5.41, 5.74) is -1.10. The molecule has 1 aliphatic rings. The van der Waals surface area contributed by atoms with Gasteiger partial charge in [0.25, 0.3) is 5.91 Å². The molecule has 4 nitrogen and oxygen atoms in total. The Morgan fingerprint density at radius 3 is 2.76 bits per heavy atom. The Balaban J connectivity index is 2.14. The number of thiophene rings is 1. The van der Waals surface area contributed by atoms with Gasteiger partial charge in [-0.05, 0) is 34.2 Å². The van der Waals surface area contributed by atoms with Crippen molar-refractivity contribution in [2.24, 2.45) is 0 Å². The second kappa shape index (κ2) is 4.99. The molecule has 0 aromatic carbocycles. The zero-order valence-electron chi connectivity index (χ0n) is 8.73. The fourth-order valence-electron chi connectivity index (χ4n) is 1.60. The first-order chi connectivity index (χ1) is 8.03. The Morgan fingerprint density at radius 1 is 1.53 bits per heavy atom. The van der Waals surface area contributed by atoms with Gasteiger partial charge in [-0.3, -0.25) is 4.79 Å². The van der Waals surface area contributed by atoms with Crippen LogP contribution >= 0.6 is 39.0 Å². The summed E-state index contributed by atoms with van der Waals surface area (Å²) in [7, 11) is 0. The highest BCUT2D eigenvalue weighted by Crippen LogP contribution is 2.29. The molecule has 0 saturated carbocycles. The molecule has 1 atom stereocenters. The number of aliphatic carboxylic acids is 1. The van der Waals surface area contributed by atoms with E-state index in [-0.39, 0.29) is 5.91 Å². The molecular weight excluding hydrogens is 326 g/mol. The Kier molecular flexibility index (Phi) is 3.79. The third kappa shape index (κ3) is 2.66. The van der Waals surface area contributed by atoms with Crippen molar-refractivity contribution in [1.82, 2.24) is 5.32 Å². The third-order valence-corrected chi connectivity index (χ3v) is 5.45. The zero-order valence-corrected chi connectivity index (χ0v) is 12.0. The van der Waals surface area contributed by atoms with Crippen LogP contribution in [0.15, 0.2) is 15.9 Å². The smallest absolute Gasteiger partial charge is 0.330 e. The minimum Gasteiger partial charge on any atom is -0.479 e. The molecule has 0 bridgehead atoms. The van der Waals surface area contributed by atoms with Gasteiger partial charge in [0.15, 0.2) is 0 Å². The predicted molar refractivity (Wildman–Crippen MR) is 71.8 cm³/mol. The highest BCUT2D eigenvalue weighted by molar-refractivity contribution is 9.10. The molecule has 1 saturated heterocycles. The third-order valence-electron chi connectivity index (χ3n) is 2.58. The molecule has 1 fully saturated rings. The Morgan fingerprint density at radius 2 is 2.29 bits per heavy atom. The van der Waals surface area contributed by atoms with Crippen molar-refractivity contribution in [3.8, 4) is 0 Å². The lowest BCUT2D eigenvalue weighted by Gasteiger charge is -2.24. The molecule has 2 rings (SSSR count). The second-order valence-electron chi connectivity index (χ2n) is 3.77. The summed E-state index contributed by atoms with van der Waals surface area (Å²) in [6.45, 7) is 0. The highest BCUT2D eigenvalue weighted by Gasteiger charge is 2.43. The Labute approximate surface area is 115 Å². The van der Waals surface area contributed by atoms with Gasteiger partial charge in [-0.1, -0.05) is 0 Å². The number of amides is 1. The monoisotopic (exact) mass is 335 g/mol. The number of halogens is 1. The van der Waals surface area contributed by atoms with Crippen molar-refractivity contribution < 1.29 is 14.7 Å². The van der Waals surface area contributed by atoms with Crippen molar-refractivity contribution in [3.63, 3.8) is 0 Å². The number of hydrogen-bond donors (Lipinski definition) is 2. The predicted octanol–water partition coefficient (Wildman–Crippen LogP) is 2.20. The van der Waals surface area contributed by atoms with E-state index in [0.29, 0.717) is 17.1 Å². The Hall–Kier alpha value is -0.530. The molecule has 7 heteroatoms. The fraction of sp³-hybridized carbons (Fsp3) is 0.400. The van der Waals surface area contributed by atoms with Gasteiger partial charge in [-0.15, -0.1) is 11.3 Å². The number of carbonyl (C=O) groups is 2. The summed E-state index contributed by atoms with van der Waals surface area (Å²) in [6, 6.07) is 1.69. The molecule has 0 radical (unpaired) electrons. The maximum atomic E-state index is 11.9. The fourth-order valence-corrected chi connectivity index (χ4v) is 4.24. The summed E-state index contributed by atoms with van der Waals surface area (Å²) in [6.07, 6.45) is 0.477. The van der Waals surface area contributed by atoms with Crippen LogP contribution in [0.4, 0.5) is 0 Å². The molecule has 1 aliphatic heterocycles. The SMILES string of the molecule is O=C(NC1(C(=O)O)CCSC1)c1cc(Br)cs1. The maximum Gasteiger partial charge on any atom is 0.330 e. The van der Waals surface area contributed by atoms with E-state index in [1.165, 1.54) is 11.3 Å². The van der Waals surface area contributed by atoms with Crippen LogP contribution < -0.4 is 5.32 Å². The maximum absolute atomic E-state index is 11.9. The van der Waals surface area contributed by atoms with Gasteiger partial charge >= 0.3 is 5.97 Å². The first kappa shape index (κ1) is 12.9. The van der Waals surface area contributed by atoms with E-state index in [4.69, 9.17) is 0 Å². The van der Waals surface area contributed by atoms with Crippen molar-refractivity contribution in [1.29, 1.82) is 0 Å². The van der Waals surface area contributed by atoms with Crippen LogP contribution in [0.25, 0.3) is 0 Å². The highest BCUT2D eigenvalue weighted by atomic mass is 79.9. The first-order valence-corrected chi connectivity index (χ1v) is 7.74. The molecule has 1 amide bonds. The van der Waals surface area contributed by atoms with E-state index < -0.39 is 11.5 Å². The van der Waals surface area contributed by atoms with Crippen LogP contribution in [-0.4, -0.2) is 34.0 Å². The average molecular weight is 336 g/mol. The number of nitrogens with one attached hydrogen (secondary N) is 1. The van der Waals surface area contributed by atoms with Gasteiger partial charge in [-0.2, -0.15) is 11.8 Å². The van der Waals surface area contributed by atoms with Crippen molar-refractivity contribution in [2.75, 3.05) is 11.5 Å². The van der Waals surface area contributed by atoms with Gasteiger partial charge in [0.05, 0.1) is 4.88 Å². The lowest BCUT2D eigenvalue weighted by molar-refractivity contribution is -0.143. The number of carboxylic acid groups (broad SMARTS) is 1. The van der Waals surface area contributed by atoms with E-state index in [1.54, 1.807) is 23.2 Å². The quantitative estimate of drug-likeness (QED) is 0.888. The minimum atomic E-state index is -1.10. The summed E-state index contributed by atoms with van der Waals surface area (Å²) in [5, 5.41) is 13.7. The average Bonchev–Trinajstić information content (AvgIpc) is 2.87. The largest absolute Gasteiger partial charge is 0.479 e. The van der Waals surface area contributed by atoms with Gasteiger partial charge in [0, 0.05) is 15.6 Å². The molecule has 1 aromatic heterocycles. The van der Waals surface area contributed by atoms with E-state index in [9.17, 15) is 14.7 Å². The van der Waals surface area contributed by atoms with E-state index in [0.717, 1.165) is 10.2 Å². The number of hydrogen-bond acceptors (Lipinski definition) is 4. The number of carbonyl (C=O) groups excluding carboxylic acids is 1. The summed E-state index contributed by atoms with van der Waals surface area (Å²) in [4.78, 5) is 23.7. The first-order valence-electron chi connectivity index (χ1n) is 4.91. The molecule has 17 heavy (non-hydrogen) atoms. The molecule has 2 N–H and O–H groups in total. The molecule has 0 aliphatic carbocycles. The van der Waals surface area contributed by atoms with Crippen LogP contribution in [0.5, 0.6) is 0 Å². The second-order valence-corrected chi connectivity index (χ2v) is 6.71. The van der Waals surface area contributed by atoms with Crippen LogP contribution in [0, 0.1) is 0 Å². The van der Waals surface area contributed by atoms with E-state index >= 15 is 0 Å². The minimum absolute atomic E-state index is 0.314. The van der Waals surface area contributed by atoms with Gasteiger partial charge < -0.3 is 10.4 Å². The topological polar surface area (TPSA) is 66.4 Å². The molecular formula is C10H10BrNO3S2. The normalized spacial score (nSPS) is 23.6. The summed E-state index contributed by atoms with van der Waals surface area (Å²) >= 11 is 6.11. The Bertz CT molecular complexity index is 454. The van der Waals surface area contributed by atoms with Crippen LogP contribution in [-0.2, 0) is 4.79 Å². The number of carboxylic acids is 1.